The molecule has 2 aromatic rings. The summed E-state index contributed by atoms with van der Waals surface area (Å²) in [4.78, 5) is 11.1. The Bertz CT molecular complexity index is 642. The summed E-state index contributed by atoms with van der Waals surface area (Å²) in [5, 5.41) is 0. The van der Waals surface area contributed by atoms with Gasteiger partial charge in [-0.3, -0.25) is 0 Å². The molecule has 20 heavy (non-hydrogen) atoms. The average molecular weight is 270 g/mol. The summed E-state index contributed by atoms with van der Waals surface area (Å²) in [6.45, 7) is 1.32. The van der Waals surface area contributed by atoms with Gasteiger partial charge in [-0.25, -0.2) is 9.97 Å². The van der Waals surface area contributed by atoms with Crippen LogP contribution in [0.1, 0.15) is 11.1 Å². The fraction of sp³-hybridized carbons (Fsp3) is 0.333. The lowest BCUT2D eigenvalue weighted by Crippen LogP contribution is -2.26. The first kappa shape index (κ1) is 12.9. The maximum atomic E-state index is 5.58. The number of benzene rings is 1. The van der Waals surface area contributed by atoms with Gasteiger partial charge in [0.15, 0.2) is 0 Å². The number of rotatable bonds is 4. The summed E-state index contributed by atoms with van der Waals surface area (Å²) >= 11 is 0. The summed E-state index contributed by atoms with van der Waals surface area (Å²) in [6.07, 6.45) is 2.80. The SMILES string of the molecule is COc1ccc2c(c1)-c1nc(N(C)CCN)ncc1C2. The van der Waals surface area contributed by atoms with Crippen LogP contribution in [0.15, 0.2) is 24.4 Å². The van der Waals surface area contributed by atoms with Crippen molar-refractivity contribution in [2.45, 2.75) is 6.42 Å². The van der Waals surface area contributed by atoms with Crippen LogP contribution in [-0.4, -0.2) is 37.2 Å². The number of likely N-dealkylation sites (N-methyl/N-ethyl adjacent to an activating group) is 1. The second-order valence-electron chi connectivity index (χ2n) is 4.95. The molecule has 5 nitrogen and oxygen atoms in total. The van der Waals surface area contributed by atoms with Crippen LogP contribution in [0.25, 0.3) is 11.3 Å². The standard InChI is InChI=1S/C15H18N4O/c1-19(6-5-16)15-17-9-11-7-10-3-4-12(20-2)8-13(10)14(11)18-15/h3-4,8-9H,5-7,16H2,1-2H3. The van der Waals surface area contributed by atoms with Gasteiger partial charge in [-0.1, -0.05) is 6.07 Å². The Balaban J connectivity index is 2.03. The summed E-state index contributed by atoms with van der Waals surface area (Å²) in [5.74, 6) is 1.57. The molecule has 1 aromatic heterocycles. The zero-order valence-electron chi connectivity index (χ0n) is 11.8. The highest BCUT2D eigenvalue weighted by Crippen LogP contribution is 2.37. The van der Waals surface area contributed by atoms with Gasteiger partial charge in [0, 0.05) is 43.9 Å². The third-order valence-corrected chi connectivity index (χ3v) is 3.61. The molecule has 0 saturated heterocycles. The van der Waals surface area contributed by atoms with Crippen molar-refractivity contribution < 1.29 is 4.74 Å². The molecule has 0 aliphatic heterocycles. The molecule has 0 spiro atoms. The molecule has 1 heterocycles. The highest BCUT2D eigenvalue weighted by Gasteiger charge is 2.22. The highest BCUT2D eigenvalue weighted by atomic mass is 16.5. The first-order chi connectivity index (χ1) is 9.72. The van der Waals surface area contributed by atoms with Crippen LogP contribution in [0.3, 0.4) is 0 Å². The second-order valence-corrected chi connectivity index (χ2v) is 4.95. The molecule has 0 atom stereocenters. The molecule has 0 radical (unpaired) electrons. The monoisotopic (exact) mass is 270 g/mol. The largest absolute Gasteiger partial charge is 0.497 e. The molecule has 1 aromatic carbocycles. The van der Waals surface area contributed by atoms with E-state index in [1.54, 1.807) is 7.11 Å². The van der Waals surface area contributed by atoms with Crippen molar-refractivity contribution in [2.24, 2.45) is 5.73 Å². The van der Waals surface area contributed by atoms with Crippen molar-refractivity contribution >= 4 is 5.95 Å². The molecular formula is C15H18N4O. The Morgan fingerprint density at radius 2 is 2.20 bits per heavy atom. The predicted octanol–water partition coefficient (Wildman–Crippen LogP) is 1.45. The zero-order valence-corrected chi connectivity index (χ0v) is 11.8. The van der Waals surface area contributed by atoms with Gasteiger partial charge < -0.3 is 15.4 Å². The normalized spacial score (nSPS) is 11.9. The fourth-order valence-corrected chi connectivity index (χ4v) is 2.50. The molecule has 0 amide bonds. The van der Waals surface area contributed by atoms with Gasteiger partial charge in [-0.05, 0) is 17.7 Å². The van der Waals surface area contributed by atoms with E-state index in [4.69, 9.17) is 15.5 Å². The number of nitrogens with zero attached hydrogens (tertiary/aromatic N) is 3. The Morgan fingerprint density at radius 1 is 1.35 bits per heavy atom. The van der Waals surface area contributed by atoms with Gasteiger partial charge in [0.1, 0.15) is 5.75 Å². The van der Waals surface area contributed by atoms with Crippen LogP contribution in [0.5, 0.6) is 5.75 Å². The highest BCUT2D eigenvalue weighted by molar-refractivity contribution is 5.75. The van der Waals surface area contributed by atoms with Gasteiger partial charge >= 0.3 is 0 Å². The topological polar surface area (TPSA) is 64.3 Å². The molecule has 0 fully saturated rings. The summed E-state index contributed by atoms with van der Waals surface area (Å²) < 4.78 is 5.30. The van der Waals surface area contributed by atoms with E-state index in [1.807, 2.05) is 30.3 Å². The Hall–Kier alpha value is -2.14. The number of aromatic nitrogens is 2. The van der Waals surface area contributed by atoms with E-state index in [0.29, 0.717) is 12.5 Å². The van der Waals surface area contributed by atoms with Gasteiger partial charge in [0.2, 0.25) is 5.95 Å². The lowest BCUT2D eigenvalue weighted by Gasteiger charge is -2.16. The second kappa shape index (κ2) is 5.09. The van der Waals surface area contributed by atoms with E-state index in [-0.39, 0.29) is 0 Å². The molecule has 3 rings (SSSR count). The van der Waals surface area contributed by atoms with Crippen molar-refractivity contribution in [1.29, 1.82) is 0 Å². The maximum absolute atomic E-state index is 5.58. The van der Waals surface area contributed by atoms with E-state index in [0.717, 1.165) is 35.5 Å². The lowest BCUT2D eigenvalue weighted by atomic mass is 10.1. The quantitative estimate of drug-likeness (QED) is 0.777. The van der Waals surface area contributed by atoms with E-state index < -0.39 is 0 Å². The van der Waals surface area contributed by atoms with Gasteiger partial charge in [-0.2, -0.15) is 0 Å². The van der Waals surface area contributed by atoms with Crippen LogP contribution in [0.4, 0.5) is 5.95 Å². The van der Waals surface area contributed by atoms with Crippen molar-refractivity contribution in [2.75, 3.05) is 32.1 Å². The van der Waals surface area contributed by atoms with Gasteiger partial charge in [-0.15, -0.1) is 0 Å². The van der Waals surface area contributed by atoms with E-state index >= 15 is 0 Å². The van der Waals surface area contributed by atoms with E-state index in [1.165, 1.54) is 5.56 Å². The van der Waals surface area contributed by atoms with Crippen LogP contribution in [0, 0.1) is 0 Å². The number of hydrogen-bond donors (Lipinski definition) is 1. The first-order valence-electron chi connectivity index (χ1n) is 6.67. The van der Waals surface area contributed by atoms with E-state index in [9.17, 15) is 0 Å². The number of nitrogens with two attached hydrogens (primary N) is 1. The van der Waals surface area contributed by atoms with Gasteiger partial charge in [0.05, 0.1) is 12.8 Å². The van der Waals surface area contributed by atoms with Crippen LogP contribution in [-0.2, 0) is 6.42 Å². The number of ether oxygens (including phenoxy) is 1. The number of anilines is 1. The Morgan fingerprint density at radius 3 is 2.95 bits per heavy atom. The smallest absolute Gasteiger partial charge is 0.225 e. The molecule has 0 saturated carbocycles. The summed E-state index contributed by atoms with van der Waals surface area (Å²) in [7, 11) is 3.63. The molecule has 1 aliphatic carbocycles. The van der Waals surface area contributed by atoms with Crippen LogP contribution in [0.2, 0.25) is 0 Å². The maximum Gasteiger partial charge on any atom is 0.225 e. The van der Waals surface area contributed by atoms with Gasteiger partial charge in [0.25, 0.3) is 0 Å². The number of methoxy groups -OCH3 is 1. The van der Waals surface area contributed by atoms with Crippen LogP contribution < -0.4 is 15.4 Å². The fourth-order valence-electron chi connectivity index (χ4n) is 2.50. The minimum atomic E-state index is 0.585. The molecule has 2 N–H and O–H groups in total. The Kier molecular flexibility index (Phi) is 3.28. The molecule has 104 valence electrons. The van der Waals surface area contributed by atoms with Crippen molar-refractivity contribution in [3.63, 3.8) is 0 Å². The van der Waals surface area contributed by atoms with Crippen molar-refractivity contribution in [3.05, 3.63) is 35.5 Å². The number of fused-ring (bicyclic) bond motifs is 3. The van der Waals surface area contributed by atoms with Crippen molar-refractivity contribution in [1.82, 2.24) is 9.97 Å². The molecule has 5 heteroatoms. The predicted molar refractivity (Wildman–Crippen MR) is 79.2 cm³/mol. The Labute approximate surface area is 118 Å². The minimum Gasteiger partial charge on any atom is -0.497 e. The van der Waals surface area contributed by atoms with Crippen molar-refractivity contribution in [3.8, 4) is 17.0 Å². The molecule has 0 unspecified atom stereocenters. The zero-order chi connectivity index (χ0) is 14.1. The minimum absolute atomic E-state index is 0.585. The molecule has 0 bridgehead atoms. The van der Waals surface area contributed by atoms with Crippen LogP contribution >= 0.6 is 0 Å². The third-order valence-electron chi connectivity index (χ3n) is 3.61. The molecular weight excluding hydrogens is 252 g/mol. The first-order valence-corrected chi connectivity index (χ1v) is 6.67. The number of hydrogen-bond acceptors (Lipinski definition) is 5. The third kappa shape index (κ3) is 2.10. The lowest BCUT2D eigenvalue weighted by molar-refractivity contribution is 0.415. The average Bonchev–Trinajstić information content (AvgIpc) is 2.84. The summed E-state index contributed by atoms with van der Waals surface area (Å²) in [5.41, 5.74) is 10.2. The van der Waals surface area contributed by atoms with E-state index in [2.05, 4.69) is 11.1 Å². The molecule has 1 aliphatic rings. The summed E-state index contributed by atoms with van der Waals surface area (Å²) in [6, 6.07) is 6.12.